The van der Waals surface area contributed by atoms with Crippen LogP contribution in [0, 0.1) is 17.0 Å². The van der Waals surface area contributed by atoms with Crippen LogP contribution < -0.4 is 4.74 Å². The fourth-order valence-electron chi connectivity index (χ4n) is 2.45. The predicted molar refractivity (Wildman–Crippen MR) is 105 cm³/mol. The van der Waals surface area contributed by atoms with Crippen molar-refractivity contribution in [1.82, 2.24) is 9.97 Å². The summed E-state index contributed by atoms with van der Waals surface area (Å²) < 4.78 is 5.89. The van der Waals surface area contributed by atoms with Crippen LogP contribution in [-0.4, -0.2) is 14.9 Å². The summed E-state index contributed by atoms with van der Waals surface area (Å²) in [5, 5.41) is 11.5. The molecular formula is C20H19N3O3S. The molecule has 0 aliphatic heterocycles. The summed E-state index contributed by atoms with van der Waals surface area (Å²) in [7, 11) is 0. The molecule has 0 bridgehead atoms. The molecule has 1 aromatic heterocycles. The van der Waals surface area contributed by atoms with E-state index in [4.69, 9.17) is 4.74 Å². The van der Waals surface area contributed by atoms with Gasteiger partial charge in [-0.05, 0) is 36.6 Å². The maximum absolute atomic E-state index is 10.9. The third-order valence-corrected chi connectivity index (χ3v) is 4.72. The van der Waals surface area contributed by atoms with Gasteiger partial charge in [-0.15, -0.1) is 0 Å². The first-order valence-corrected chi connectivity index (χ1v) is 9.50. The van der Waals surface area contributed by atoms with E-state index in [1.807, 2.05) is 50.2 Å². The number of nitro benzene ring substituents is 1. The lowest BCUT2D eigenvalue weighted by Crippen LogP contribution is -1.97. The van der Waals surface area contributed by atoms with E-state index in [1.54, 1.807) is 12.1 Å². The van der Waals surface area contributed by atoms with Gasteiger partial charge in [-0.25, -0.2) is 4.98 Å². The molecule has 0 unspecified atom stereocenters. The van der Waals surface area contributed by atoms with Crippen LogP contribution in [0.2, 0.25) is 0 Å². The summed E-state index contributed by atoms with van der Waals surface area (Å²) in [4.78, 5) is 19.5. The van der Waals surface area contributed by atoms with Crippen LogP contribution in [0.3, 0.4) is 0 Å². The van der Waals surface area contributed by atoms with Crippen LogP contribution in [0.5, 0.6) is 11.6 Å². The minimum atomic E-state index is -0.393. The van der Waals surface area contributed by atoms with Gasteiger partial charge in [0.15, 0.2) is 5.16 Å². The topological polar surface area (TPSA) is 78.2 Å². The largest absolute Gasteiger partial charge is 0.439 e. The monoisotopic (exact) mass is 381 g/mol. The highest BCUT2D eigenvalue weighted by atomic mass is 32.2. The van der Waals surface area contributed by atoms with E-state index in [0.717, 1.165) is 29.0 Å². The van der Waals surface area contributed by atoms with Gasteiger partial charge in [0.1, 0.15) is 5.75 Å². The SMILES string of the molecule is CCc1cc(Oc2cccc(C)c2)nc(SCc2cccc([N+](=O)[O-])c2)n1. The van der Waals surface area contributed by atoms with Gasteiger partial charge in [-0.3, -0.25) is 10.1 Å². The van der Waals surface area contributed by atoms with Crippen molar-refractivity contribution in [3.63, 3.8) is 0 Å². The smallest absolute Gasteiger partial charge is 0.269 e. The van der Waals surface area contributed by atoms with E-state index in [-0.39, 0.29) is 5.69 Å². The molecule has 1 heterocycles. The Labute approximate surface area is 161 Å². The van der Waals surface area contributed by atoms with Gasteiger partial charge in [0.25, 0.3) is 5.69 Å². The van der Waals surface area contributed by atoms with Crippen LogP contribution in [0.1, 0.15) is 23.7 Å². The Kier molecular flexibility index (Phi) is 6.03. The number of aromatic nitrogens is 2. The number of non-ortho nitro benzene ring substituents is 1. The first-order valence-electron chi connectivity index (χ1n) is 8.52. The van der Waals surface area contributed by atoms with E-state index < -0.39 is 4.92 Å². The van der Waals surface area contributed by atoms with E-state index in [9.17, 15) is 10.1 Å². The van der Waals surface area contributed by atoms with Crippen molar-refractivity contribution in [1.29, 1.82) is 0 Å². The van der Waals surface area contributed by atoms with Gasteiger partial charge < -0.3 is 4.74 Å². The van der Waals surface area contributed by atoms with Gasteiger partial charge in [0.2, 0.25) is 5.88 Å². The molecule has 7 heteroatoms. The average Bonchev–Trinajstić information content (AvgIpc) is 2.66. The third kappa shape index (κ3) is 5.27. The number of rotatable bonds is 7. The second kappa shape index (κ2) is 8.64. The highest BCUT2D eigenvalue weighted by molar-refractivity contribution is 7.98. The first kappa shape index (κ1) is 18.8. The molecule has 6 nitrogen and oxygen atoms in total. The number of hydrogen-bond acceptors (Lipinski definition) is 6. The molecule has 3 rings (SSSR count). The molecule has 0 N–H and O–H groups in total. The Bertz CT molecular complexity index is 963. The molecule has 3 aromatic rings. The van der Waals surface area contributed by atoms with Crippen molar-refractivity contribution in [2.75, 3.05) is 0 Å². The molecular weight excluding hydrogens is 362 g/mol. The summed E-state index contributed by atoms with van der Waals surface area (Å²) in [5.41, 5.74) is 2.92. The molecule has 0 amide bonds. The summed E-state index contributed by atoms with van der Waals surface area (Å²) in [6.07, 6.45) is 0.761. The maximum Gasteiger partial charge on any atom is 0.269 e. The highest BCUT2D eigenvalue weighted by Gasteiger charge is 2.10. The predicted octanol–water partition coefficient (Wildman–Crippen LogP) is 5.34. The summed E-state index contributed by atoms with van der Waals surface area (Å²) in [6, 6.07) is 16.2. The summed E-state index contributed by atoms with van der Waals surface area (Å²) in [5.74, 6) is 1.76. The number of nitrogens with zero attached hydrogens (tertiary/aromatic N) is 3. The van der Waals surface area contributed by atoms with Crippen molar-refractivity contribution in [3.05, 3.63) is 81.5 Å². The Balaban J connectivity index is 1.77. The van der Waals surface area contributed by atoms with Crippen molar-refractivity contribution in [2.45, 2.75) is 31.2 Å². The minimum absolute atomic E-state index is 0.0831. The van der Waals surface area contributed by atoms with Crippen LogP contribution >= 0.6 is 11.8 Å². The molecule has 0 radical (unpaired) electrons. The number of nitro groups is 1. The van der Waals surface area contributed by atoms with Crippen molar-refractivity contribution in [2.24, 2.45) is 0 Å². The minimum Gasteiger partial charge on any atom is -0.439 e. The Morgan fingerprint density at radius 3 is 2.67 bits per heavy atom. The third-order valence-electron chi connectivity index (χ3n) is 3.80. The second-order valence-corrected chi connectivity index (χ2v) is 6.91. The zero-order valence-electron chi connectivity index (χ0n) is 15.1. The molecule has 27 heavy (non-hydrogen) atoms. The molecule has 0 aliphatic rings. The summed E-state index contributed by atoms with van der Waals surface area (Å²) >= 11 is 1.43. The highest BCUT2D eigenvalue weighted by Crippen LogP contribution is 2.26. The van der Waals surface area contributed by atoms with Crippen molar-refractivity contribution in [3.8, 4) is 11.6 Å². The lowest BCUT2D eigenvalue weighted by atomic mass is 10.2. The first-order chi connectivity index (χ1) is 13.0. The fourth-order valence-corrected chi connectivity index (χ4v) is 3.27. The van der Waals surface area contributed by atoms with Gasteiger partial charge in [0.05, 0.1) is 4.92 Å². The zero-order valence-corrected chi connectivity index (χ0v) is 15.9. The standard InChI is InChI=1S/C20H19N3O3S/c1-3-16-12-19(26-18-9-4-6-14(2)10-18)22-20(21-16)27-13-15-7-5-8-17(11-15)23(24)25/h4-12H,3,13H2,1-2H3. The number of thioether (sulfide) groups is 1. The van der Waals surface area contributed by atoms with E-state index in [2.05, 4.69) is 9.97 Å². The molecule has 0 spiro atoms. The Morgan fingerprint density at radius 1 is 1.11 bits per heavy atom. The number of aryl methyl sites for hydroxylation is 2. The number of ether oxygens (including phenoxy) is 1. The van der Waals surface area contributed by atoms with Crippen LogP contribution in [0.15, 0.2) is 59.8 Å². The molecule has 0 saturated heterocycles. The lowest BCUT2D eigenvalue weighted by molar-refractivity contribution is -0.384. The average molecular weight is 381 g/mol. The second-order valence-electron chi connectivity index (χ2n) is 5.97. The molecule has 0 atom stereocenters. The lowest BCUT2D eigenvalue weighted by Gasteiger charge is -2.09. The van der Waals surface area contributed by atoms with Gasteiger partial charge in [-0.2, -0.15) is 4.98 Å². The molecule has 0 saturated carbocycles. The summed E-state index contributed by atoms with van der Waals surface area (Å²) in [6.45, 7) is 4.03. The van der Waals surface area contributed by atoms with E-state index in [0.29, 0.717) is 16.8 Å². The zero-order chi connectivity index (χ0) is 19.2. The molecule has 0 aliphatic carbocycles. The normalized spacial score (nSPS) is 10.6. The quantitative estimate of drug-likeness (QED) is 0.238. The fraction of sp³-hybridized carbons (Fsp3) is 0.200. The van der Waals surface area contributed by atoms with Crippen molar-refractivity contribution >= 4 is 17.4 Å². The maximum atomic E-state index is 10.9. The van der Waals surface area contributed by atoms with E-state index >= 15 is 0 Å². The molecule has 0 fully saturated rings. The molecule has 2 aromatic carbocycles. The Morgan fingerprint density at radius 2 is 1.93 bits per heavy atom. The van der Waals surface area contributed by atoms with Crippen LogP contribution in [0.25, 0.3) is 0 Å². The van der Waals surface area contributed by atoms with Gasteiger partial charge in [-0.1, -0.05) is 43.0 Å². The van der Waals surface area contributed by atoms with E-state index in [1.165, 1.54) is 17.8 Å². The van der Waals surface area contributed by atoms with Crippen LogP contribution in [0.4, 0.5) is 5.69 Å². The van der Waals surface area contributed by atoms with Gasteiger partial charge >= 0.3 is 0 Å². The van der Waals surface area contributed by atoms with Gasteiger partial charge in [0, 0.05) is 29.6 Å². The van der Waals surface area contributed by atoms with Crippen molar-refractivity contribution < 1.29 is 9.66 Å². The van der Waals surface area contributed by atoms with Crippen LogP contribution in [-0.2, 0) is 12.2 Å². The Hall–Kier alpha value is -2.93. The number of benzene rings is 2. The molecule has 138 valence electrons. The number of hydrogen-bond donors (Lipinski definition) is 0.